The molecule has 2 atom stereocenters. The van der Waals surface area contributed by atoms with Gasteiger partial charge >= 0.3 is 6.09 Å². The van der Waals surface area contributed by atoms with Gasteiger partial charge in [-0.25, -0.2) is 4.79 Å². The minimum Gasteiger partial charge on any atom is -0.444 e. The monoisotopic (exact) mass is 496 g/mol. The molecule has 5 nitrogen and oxygen atoms in total. The van der Waals surface area contributed by atoms with Crippen LogP contribution in [0.3, 0.4) is 0 Å². The number of carbonyl (C=O) groups excluding carboxylic acids is 2. The average Bonchev–Trinajstić information content (AvgIpc) is 2.73. The van der Waals surface area contributed by atoms with Crippen molar-refractivity contribution in [2.24, 2.45) is 0 Å². The van der Waals surface area contributed by atoms with Gasteiger partial charge in [-0.2, -0.15) is 0 Å². The lowest BCUT2D eigenvalue weighted by molar-refractivity contribution is 0.0124. The molecule has 32 heavy (non-hydrogen) atoms. The highest BCUT2D eigenvalue weighted by Crippen LogP contribution is 2.35. The van der Waals surface area contributed by atoms with Gasteiger partial charge in [0.2, 0.25) is 0 Å². The Morgan fingerprint density at radius 2 is 1.69 bits per heavy atom. The third-order valence-corrected chi connectivity index (χ3v) is 6.50. The van der Waals surface area contributed by atoms with Crippen molar-refractivity contribution in [3.05, 3.63) is 68.7 Å². The molecule has 1 saturated heterocycles. The fourth-order valence-electron chi connectivity index (χ4n) is 3.91. The Kier molecular flexibility index (Phi) is 7.64. The van der Waals surface area contributed by atoms with E-state index in [1.807, 2.05) is 26.8 Å². The minimum atomic E-state index is -0.589. The summed E-state index contributed by atoms with van der Waals surface area (Å²) < 4.78 is 5.57. The average molecular weight is 498 g/mol. The van der Waals surface area contributed by atoms with Gasteiger partial charge in [-0.15, -0.1) is 0 Å². The molecule has 0 aromatic heterocycles. The zero-order valence-corrected chi connectivity index (χ0v) is 20.8. The van der Waals surface area contributed by atoms with E-state index < -0.39 is 5.60 Å². The zero-order chi connectivity index (χ0) is 23.6. The number of rotatable bonds is 3. The normalized spacial score (nSPS) is 18.9. The third-order valence-electron chi connectivity index (χ3n) is 5.51. The highest BCUT2D eigenvalue weighted by molar-refractivity contribution is 6.42. The van der Waals surface area contributed by atoms with Crippen molar-refractivity contribution in [1.82, 2.24) is 9.80 Å². The summed E-state index contributed by atoms with van der Waals surface area (Å²) in [5, 5.41) is 1.46. The van der Waals surface area contributed by atoms with Gasteiger partial charge < -0.3 is 14.5 Å². The van der Waals surface area contributed by atoms with Crippen LogP contribution in [0.5, 0.6) is 0 Å². The number of likely N-dealkylation sites (N-methyl/N-ethyl adjacent to an activating group) is 1. The molecule has 2 aromatic carbocycles. The van der Waals surface area contributed by atoms with Crippen LogP contribution in [0, 0.1) is 0 Å². The molecule has 1 aliphatic heterocycles. The van der Waals surface area contributed by atoms with Crippen LogP contribution >= 0.6 is 34.8 Å². The summed E-state index contributed by atoms with van der Waals surface area (Å²) in [6, 6.07) is 12.1. The van der Waals surface area contributed by atoms with Crippen LogP contribution in [0.4, 0.5) is 4.79 Å². The second kappa shape index (κ2) is 9.90. The van der Waals surface area contributed by atoms with E-state index in [1.54, 1.807) is 53.2 Å². The van der Waals surface area contributed by atoms with Crippen molar-refractivity contribution >= 4 is 46.8 Å². The number of halogens is 3. The van der Waals surface area contributed by atoms with Crippen LogP contribution in [0.25, 0.3) is 0 Å². The standard InChI is InChI=1S/C24H27Cl3N2O3/c1-24(2,3)32-23(31)29-12-11-21(18(14-29)16-7-10-19(26)20(27)13-16)28(4)22(30)15-5-8-17(25)9-6-15/h5-10,13,18,21H,11-12,14H2,1-4H3/t18-,21+/m0/s1. The van der Waals surface area contributed by atoms with Crippen LogP contribution in [-0.2, 0) is 4.74 Å². The lowest BCUT2D eigenvalue weighted by Gasteiger charge is -2.43. The fraction of sp³-hybridized carbons (Fsp3) is 0.417. The number of benzene rings is 2. The Balaban J connectivity index is 1.89. The van der Waals surface area contributed by atoms with E-state index in [2.05, 4.69) is 0 Å². The predicted octanol–water partition coefficient (Wildman–Crippen LogP) is 6.51. The number of piperidine rings is 1. The Hall–Kier alpha value is -1.95. The van der Waals surface area contributed by atoms with Crippen LogP contribution in [-0.4, -0.2) is 53.6 Å². The lowest BCUT2D eigenvalue weighted by atomic mass is 9.85. The smallest absolute Gasteiger partial charge is 0.410 e. The van der Waals surface area contributed by atoms with Crippen LogP contribution < -0.4 is 0 Å². The third kappa shape index (κ3) is 5.89. The highest BCUT2D eigenvalue weighted by atomic mass is 35.5. The van der Waals surface area contributed by atoms with Gasteiger partial charge in [-0.3, -0.25) is 4.79 Å². The molecule has 172 valence electrons. The first-order chi connectivity index (χ1) is 15.0. The van der Waals surface area contributed by atoms with E-state index in [0.29, 0.717) is 40.1 Å². The maximum atomic E-state index is 13.2. The van der Waals surface area contributed by atoms with Gasteiger partial charge in [0.05, 0.1) is 10.0 Å². The first kappa shape index (κ1) is 24.7. The van der Waals surface area contributed by atoms with Gasteiger partial charge in [0, 0.05) is 42.7 Å². The predicted molar refractivity (Wildman–Crippen MR) is 129 cm³/mol. The fourth-order valence-corrected chi connectivity index (χ4v) is 4.35. The van der Waals surface area contributed by atoms with Crippen LogP contribution in [0.15, 0.2) is 42.5 Å². The largest absolute Gasteiger partial charge is 0.444 e. The molecule has 0 aliphatic carbocycles. The van der Waals surface area contributed by atoms with Crippen LogP contribution in [0.1, 0.15) is 49.0 Å². The van der Waals surface area contributed by atoms with Gasteiger partial charge in [-0.05, 0) is 69.2 Å². The molecule has 0 radical (unpaired) electrons. The number of likely N-dealkylation sites (tertiary alicyclic amines) is 1. The summed E-state index contributed by atoms with van der Waals surface area (Å²) in [5.74, 6) is -0.269. The second-order valence-corrected chi connectivity index (χ2v) is 10.2. The summed E-state index contributed by atoms with van der Waals surface area (Å²) in [6.07, 6.45) is 0.229. The van der Waals surface area contributed by atoms with Crippen molar-refractivity contribution in [3.63, 3.8) is 0 Å². The quantitative estimate of drug-likeness (QED) is 0.485. The minimum absolute atomic E-state index is 0.109. The molecule has 8 heteroatoms. The molecule has 0 spiro atoms. The molecule has 1 aliphatic rings. The van der Waals surface area contributed by atoms with E-state index in [1.165, 1.54) is 0 Å². The Bertz CT molecular complexity index is 989. The van der Waals surface area contributed by atoms with Crippen molar-refractivity contribution in [1.29, 1.82) is 0 Å². The molecule has 2 amide bonds. The Morgan fingerprint density at radius 3 is 2.28 bits per heavy atom. The summed E-state index contributed by atoms with van der Waals surface area (Å²) >= 11 is 18.4. The van der Waals surface area contributed by atoms with E-state index in [-0.39, 0.29) is 24.0 Å². The van der Waals surface area contributed by atoms with Gasteiger partial charge in [0.15, 0.2) is 0 Å². The Morgan fingerprint density at radius 1 is 1.03 bits per heavy atom. The lowest BCUT2D eigenvalue weighted by Crippen LogP contribution is -2.52. The maximum absolute atomic E-state index is 13.2. The Labute approximate surface area is 204 Å². The van der Waals surface area contributed by atoms with Crippen molar-refractivity contribution in [2.75, 3.05) is 20.1 Å². The number of nitrogens with zero attached hydrogens (tertiary/aromatic N) is 2. The van der Waals surface area contributed by atoms with Crippen molar-refractivity contribution in [2.45, 2.75) is 44.8 Å². The number of ether oxygens (including phenoxy) is 1. The van der Waals surface area contributed by atoms with E-state index in [0.717, 1.165) is 5.56 Å². The van der Waals surface area contributed by atoms with Crippen LogP contribution in [0.2, 0.25) is 15.1 Å². The maximum Gasteiger partial charge on any atom is 0.410 e. The second-order valence-electron chi connectivity index (χ2n) is 8.99. The first-order valence-corrected chi connectivity index (χ1v) is 11.6. The summed E-state index contributed by atoms with van der Waals surface area (Å²) in [7, 11) is 1.79. The van der Waals surface area contributed by atoms with Gasteiger partial charge in [0.25, 0.3) is 5.91 Å². The highest BCUT2D eigenvalue weighted by Gasteiger charge is 2.38. The topological polar surface area (TPSA) is 49.9 Å². The number of hydrogen-bond acceptors (Lipinski definition) is 3. The molecule has 3 rings (SSSR count). The number of amides is 2. The van der Waals surface area contributed by atoms with Crippen molar-refractivity contribution in [3.8, 4) is 0 Å². The number of hydrogen-bond donors (Lipinski definition) is 0. The molecule has 0 bridgehead atoms. The van der Waals surface area contributed by atoms with E-state index >= 15 is 0 Å². The molecule has 0 N–H and O–H groups in total. The van der Waals surface area contributed by atoms with E-state index in [9.17, 15) is 9.59 Å². The van der Waals surface area contributed by atoms with Gasteiger partial charge in [-0.1, -0.05) is 40.9 Å². The molecule has 1 fully saturated rings. The first-order valence-electron chi connectivity index (χ1n) is 10.4. The number of carbonyl (C=O) groups is 2. The summed E-state index contributed by atoms with van der Waals surface area (Å²) in [5.41, 5.74) is 0.877. The van der Waals surface area contributed by atoms with Crippen molar-refractivity contribution < 1.29 is 14.3 Å². The molecular formula is C24H27Cl3N2O3. The zero-order valence-electron chi connectivity index (χ0n) is 18.6. The molecule has 0 unspecified atom stereocenters. The molecule has 0 saturated carbocycles. The summed E-state index contributed by atoms with van der Waals surface area (Å²) in [4.78, 5) is 29.4. The summed E-state index contributed by atoms with van der Waals surface area (Å²) in [6.45, 7) is 6.40. The molecule has 2 aromatic rings. The molecule has 1 heterocycles. The molecular weight excluding hydrogens is 471 g/mol. The van der Waals surface area contributed by atoms with Gasteiger partial charge in [0.1, 0.15) is 5.60 Å². The van der Waals surface area contributed by atoms with E-state index in [4.69, 9.17) is 39.5 Å². The SMILES string of the molecule is CN(C(=O)c1ccc(Cl)cc1)[C@@H]1CCN(C(=O)OC(C)(C)C)C[C@H]1c1ccc(Cl)c(Cl)c1.